The zero-order valence-corrected chi connectivity index (χ0v) is 14.6. The second-order valence-electron chi connectivity index (χ2n) is 7.09. The number of cyclic esters (lactones) is 1. The molecular weight excluding hydrogens is 328 g/mol. The molecule has 0 aromatic carbocycles. The second-order valence-corrected chi connectivity index (χ2v) is 7.55. The van der Waals surface area contributed by atoms with E-state index in [4.69, 9.17) is 4.74 Å². The van der Waals surface area contributed by atoms with Crippen LogP contribution in [0, 0.1) is 23.7 Å². The summed E-state index contributed by atoms with van der Waals surface area (Å²) in [6.45, 7) is 4.21. The van der Waals surface area contributed by atoms with E-state index in [0.717, 1.165) is 29.7 Å². The summed E-state index contributed by atoms with van der Waals surface area (Å²) in [5.41, 5.74) is 2.41. The third-order valence-electron chi connectivity index (χ3n) is 5.85. The molecule has 116 valence electrons. The fourth-order valence-electron chi connectivity index (χ4n) is 4.81. The van der Waals surface area contributed by atoms with Crippen molar-refractivity contribution in [3.63, 3.8) is 0 Å². The van der Waals surface area contributed by atoms with Gasteiger partial charge in [0.2, 0.25) is 0 Å². The highest BCUT2D eigenvalue weighted by Crippen LogP contribution is 2.51. The molecule has 2 nitrogen and oxygen atoms in total. The van der Waals surface area contributed by atoms with Crippen LogP contribution < -0.4 is 0 Å². The molecule has 5 atom stereocenters. The Morgan fingerprint density at radius 2 is 2.24 bits per heavy atom. The van der Waals surface area contributed by atoms with Gasteiger partial charge in [-0.15, -0.1) is 0 Å². The van der Waals surface area contributed by atoms with Crippen molar-refractivity contribution < 1.29 is 9.53 Å². The largest absolute Gasteiger partial charge is 0.455 e. The van der Waals surface area contributed by atoms with Crippen LogP contribution in [0.15, 0.2) is 22.2 Å². The first-order chi connectivity index (χ1) is 10.1. The van der Waals surface area contributed by atoms with Gasteiger partial charge in [-0.25, -0.2) is 4.79 Å². The first-order valence-electron chi connectivity index (χ1n) is 8.28. The van der Waals surface area contributed by atoms with Gasteiger partial charge in [-0.2, -0.15) is 0 Å². The number of ether oxygens (including phenoxy) is 1. The molecule has 1 heterocycles. The molecule has 0 radical (unpaired) electrons. The number of rotatable bonds is 3. The van der Waals surface area contributed by atoms with Crippen molar-refractivity contribution in [1.29, 1.82) is 0 Å². The van der Waals surface area contributed by atoms with E-state index in [9.17, 15) is 4.79 Å². The SMILES string of the molecule is CC1=C[C@H](C[C@@H](C)[C@H]2CCC3C(=CBr)CCCC32)OC1=O. The summed E-state index contributed by atoms with van der Waals surface area (Å²) in [7, 11) is 0. The first kappa shape index (κ1) is 15.3. The minimum Gasteiger partial charge on any atom is -0.455 e. The summed E-state index contributed by atoms with van der Waals surface area (Å²) in [5, 5.41) is 0. The number of carbonyl (C=O) groups is 1. The summed E-state index contributed by atoms with van der Waals surface area (Å²) in [4.78, 5) is 13.7. The minimum absolute atomic E-state index is 0.0151. The monoisotopic (exact) mass is 352 g/mol. The number of esters is 1. The molecule has 21 heavy (non-hydrogen) atoms. The first-order valence-corrected chi connectivity index (χ1v) is 9.20. The van der Waals surface area contributed by atoms with Gasteiger partial charge in [-0.3, -0.25) is 0 Å². The van der Waals surface area contributed by atoms with E-state index >= 15 is 0 Å². The Labute approximate surface area is 136 Å². The van der Waals surface area contributed by atoms with Crippen LogP contribution in [-0.4, -0.2) is 12.1 Å². The van der Waals surface area contributed by atoms with Gasteiger partial charge in [0.25, 0.3) is 0 Å². The predicted molar refractivity (Wildman–Crippen MR) is 88.0 cm³/mol. The number of halogens is 1. The van der Waals surface area contributed by atoms with Crippen LogP contribution >= 0.6 is 15.9 Å². The Morgan fingerprint density at radius 3 is 2.90 bits per heavy atom. The average Bonchev–Trinajstić information content (AvgIpc) is 3.02. The van der Waals surface area contributed by atoms with E-state index in [1.165, 1.54) is 32.1 Å². The fraction of sp³-hybridized carbons (Fsp3) is 0.722. The van der Waals surface area contributed by atoms with E-state index in [0.29, 0.717) is 5.92 Å². The highest BCUT2D eigenvalue weighted by atomic mass is 79.9. The summed E-state index contributed by atoms with van der Waals surface area (Å²) in [5.74, 6) is 2.95. The van der Waals surface area contributed by atoms with Gasteiger partial charge in [0, 0.05) is 5.57 Å². The molecule has 2 fully saturated rings. The number of hydrogen-bond acceptors (Lipinski definition) is 2. The zero-order valence-electron chi connectivity index (χ0n) is 13.0. The van der Waals surface area contributed by atoms with Gasteiger partial charge < -0.3 is 4.74 Å². The summed E-state index contributed by atoms with van der Waals surface area (Å²) >= 11 is 3.56. The maximum atomic E-state index is 11.5. The summed E-state index contributed by atoms with van der Waals surface area (Å²) in [6, 6.07) is 0. The molecule has 0 saturated heterocycles. The molecule has 0 amide bonds. The molecule has 1 aliphatic heterocycles. The Balaban J connectivity index is 1.63. The molecule has 0 spiro atoms. The topological polar surface area (TPSA) is 26.3 Å². The Kier molecular flexibility index (Phi) is 4.58. The van der Waals surface area contributed by atoms with Crippen molar-refractivity contribution >= 4 is 21.9 Å². The van der Waals surface area contributed by atoms with Crippen LogP contribution in [0.4, 0.5) is 0 Å². The van der Waals surface area contributed by atoms with Crippen LogP contribution in [0.1, 0.15) is 52.4 Å². The van der Waals surface area contributed by atoms with Crippen LogP contribution in [-0.2, 0) is 9.53 Å². The molecule has 3 aliphatic rings. The van der Waals surface area contributed by atoms with Gasteiger partial charge in [0.1, 0.15) is 6.10 Å². The Bertz CT molecular complexity index is 480. The van der Waals surface area contributed by atoms with E-state index in [-0.39, 0.29) is 12.1 Å². The lowest BCUT2D eigenvalue weighted by molar-refractivity contribution is -0.140. The number of fused-ring (bicyclic) bond motifs is 1. The molecule has 2 saturated carbocycles. The third kappa shape index (κ3) is 2.99. The Morgan fingerprint density at radius 1 is 1.43 bits per heavy atom. The van der Waals surface area contributed by atoms with Crippen molar-refractivity contribution in [2.45, 2.75) is 58.5 Å². The van der Waals surface area contributed by atoms with Crippen LogP contribution in [0.2, 0.25) is 0 Å². The molecule has 2 aliphatic carbocycles. The van der Waals surface area contributed by atoms with Crippen molar-refractivity contribution in [3.05, 3.63) is 22.2 Å². The lowest BCUT2D eigenvalue weighted by atomic mass is 9.72. The molecule has 2 unspecified atom stereocenters. The molecule has 0 bridgehead atoms. The van der Waals surface area contributed by atoms with Crippen molar-refractivity contribution in [2.24, 2.45) is 23.7 Å². The van der Waals surface area contributed by atoms with E-state index in [1.807, 2.05) is 13.0 Å². The summed E-state index contributed by atoms with van der Waals surface area (Å²) < 4.78 is 5.43. The standard InChI is InChI=1S/C18H25BrO2/c1-11(8-14-9-12(2)18(20)21-14)15-6-7-16-13(10-19)4-3-5-17(15)16/h9-11,14-17H,3-8H2,1-2H3/t11-,14+,15-,16?,17?/m1/s1. The molecule has 0 aromatic heterocycles. The minimum atomic E-state index is -0.126. The van der Waals surface area contributed by atoms with E-state index in [1.54, 1.807) is 5.57 Å². The predicted octanol–water partition coefficient (Wildman–Crippen LogP) is 4.99. The highest BCUT2D eigenvalue weighted by Gasteiger charge is 2.42. The second kappa shape index (κ2) is 6.28. The molecule has 0 aromatic rings. The number of hydrogen-bond donors (Lipinski definition) is 0. The molecule has 3 heteroatoms. The lowest BCUT2D eigenvalue weighted by Gasteiger charge is -2.34. The van der Waals surface area contributed by atoms with E-state index < -0.39 is 0 Å². The average molecular weight is 353 g/mol. The smallest absolute Gasteiger partial charge is 0.334 e. The van der Waals surface area contributed by atoms with Gasteiger partial charge in [-0.1, -0.05) is 28.4 Å². The molecular formula is C18H25BrO2. The fourth-order valence-corrected chi connectivity index (χ4v) is 5.38. The molecule has 3 rings (SSSR count). The van der Waals surface area contributed by atoms with Crippen molar-refractivity contribution in [3.8, 4) is 0 Å². The quantitative estimate of drug-likeness (QED) is 0.668. The van der Waals surface area contributed by atoms with Gasteiger partial charge >= 0.3 is 5.97 Å². The normalized spacial score (nSPS) is 39.1. The Hall–Kier alpha value is -0.570. The van der Waals surface area contributed by atoms with Crippen molar-refractivity contribution in [1.82, 2.24) is 0 Å². The third-order valence-corrected chi connectivity index (χ3v) is 6.44. The van der Waals surface area contributed by atoms with E-state index in [2.05, 4.69) is 27.8 Å². The number of carbonyl (C=O) groups excluding carboxylic acids is 1. The van der Waals surface area contributed by atoms with Crippen molar-refractivity contribution in [2.75, 3.05) is 0 Å². The highest BCUT2D eigenvalue weighted by molar-refractivity contribution is 9.11. The van der Waals surface area contributed by atoms with Crippen LogP contribution in [0.25, 0.3) is 0 Å². The molecule has 0 N–H and O–H groups in total. The maximum Gasteiger partial charge on any atom is 0.334 e. The van der Waals surface area contributed by atoms with Gasteiger partial charge in [-0.05, 0) is 80.2 Å². The number of allylic oxidation sites excluding steroid dienone is 1. The van der Waals surface area contributed by atoms with Gasteiger partial charge in [0.15, 0.2) is 0 Å². The van der Waals surface area contributed by atoms with Crippen LogP contribution in [0.5, 0.6) is 0 Å². The van der Waals surface area contributed by atoms with Gasteiger partial charge in [0.05, 0.1) is 0 Å². The zero-order chi connectivity index (χ0) is 15.0. The van der Waals surface area contributed by atoms with Crippen LogP contribution in [0.3, 0.4) is 0 Å². The lowest BCUT2D eigenvalue weighted by Crippen LogP contribution is -2.26. The summed E-state index contributed by atoms with van der Waals surface area (Å²) in [6.07, 6.45) is 9.68. The maximum absolute atomic E-state index is 11.5.